The van der Waals surface area contributed by atoms with Gasteiger partial charge in [-0.15, -0.1) is 11.3 Å². The van der Waals surface area contributed by atoms with Gasteiger partial charge in [0.1, 0.15) is 0 Å². The largest absolute Gasteiger partial charge is 0.323 e. The smallest absolute Gasteiger partial charge is 0.0801 e. The van der Waals surface area contributed by atoms with Crippen molar-refractivity contribution in [3.8, 4) is 10.4 Å². The summed E-state index contributed by atoms with van der Waals surface area (Å²) in [5.74, 6) is 0. The Balaban J connectivity index is 2.18. The maximum Gasteiger partial charge on any atom is 0.0801 e. The number of thiazole rings is 1. The van der Waals surface area contributed by atoms with Crippen LogP contribution in [0.1, 0.15) is 17.3 Å². The van der Waals surface area contributed by atoms with Crippen LogP contribution in [0, 0.1) is 6.92 Å². The van der Waals surface area contributed by atoms with E-state index in [9.17, 15) is 0 Å². The minimum absolute atomic E-state index is 0.0663. The molecule has 0 radical (unpaired) electrons. The minimum atomic E-state index is 0.0663. The summed E-state index contributed by atoms with van der Waals surface area (Å²) in [5.41, 5.74) is 11.5. The molecule has 2 N–H and O–H groups in total. The molecule has 0 bridgehead atoms. The van der Waals surface area contributed by atoms with E-state index in [-0.39, 0.29) is 6.04 Å². The number of hydrogen-bond acceptors (Lipinski definition) is 4. The summed E-state index contributed by atoms with van der Waals surface area (Å²) in [5, 5.41) is 0. The Morgan fingerprint density at radius 2 is 1.94 bits per heavy atom. The molecule has 2 aromatic rings. The van der Waals surface area contributed by atoms with Gasteiger partial charge in [-0.3, -0.25) is 0 Å². The lowest BCUT2D eigenvalue weighted by molar-refractivity contribution is 0.376. The molecule has 0 unspecified atom stereocenters. The van der Waals surface area contributed by atoms with Crippen LogP contribution in [0.15, 0.2) is 29.8 Å². The van der Waals surface area contributed by atoms with Gasteiger partial charge in [0.2, 0.25) is 0 Å². The topological polar surface area (TPSA) is 42.1 Å². The number of aromatic nitrogens is 1. The molecule has 0 aliphatic heterocycles. The lowest BCUT2D eigenvalue weighted by atomic mass is 10.0. The zero-order chi connectivity index (χ0) is 13.1. The van der Waals surface area contributed by atoms with Crippen molar-refractivity contribution in [1.29, 1.82) is 0 Å². The number of aryl methyl sites for hydroxylation is 1. The minimum Gasteiger partial charge on any atom is -0.323 e. The number of likely N-dealkylation sites (N-methyl/N-ethyl adjacent to an activating group) is 1. The Hall–Kier alpha value is -1.23. The fourth-order valence-electron chi connectivity index (χ4n) is 1.96. The van der Waals surface area contributed by atoms with E-state index in [2.05, 4.69) is 34.1 Å². The van der Waals surface area contributed by atoms with Crippen molar-refractivity contribution >= 4 is 11.3 Å². The van der Waals surface area contributed by atoms with Gasteiger partial charge in [0.05, 0.1) is 16.1 Å². The molecule has 18 heavy (non-hydrogen) atoms. The molecule has 0 aliphatic rings. The van der Waals surface area contributed by atoms with E-state index in [1.165, 1.54) is 16.0 Å². The van der Waals surface area contributed by atoms with Crippen LogP contribution in [-0.2, 0) is 0 Å². The molecule has 3 nitrogen and oxygen atoms in total. The van der Waals surface area contributed by atoms with Gasteiger partial charge < -0.3 is 10.6 Å². The van der Waals surface area contributed by atoms with Gasteiger partial charge in [0.25, 0.3) is 0 Å². The van der Waals surface area contributed by atoms with Gasteiger partial charge in [0, 0.05) is 12.6 Å². The second kappa shape index (κ2) is 5.61. The van der Waals surface area contributed by atoms with Crippen molar-refractivity contribution in [2.45, 2.75) is 13.0 Å². The first-order chi connectivity index (χ1) is 8.58. The van der Waals surface area contributed by atoms with Gasteiger partial charge >= 0.3 is 0 Å². The van der Waals surface area contributed by atoms with E-state index in [1.807, 2.05) is 26.5 Å². The molecule has 0 amide bonds. The number of hydrogen-bond donors (Lipinski definition) is 1. The zero-order valence-electron chi connectivity index (χ0n) is 11.1. The van der Waals surface area contributed by atoms with Crippen molar-refractivity contribution in [2.24, 2.45) is 5.73 Å². The third-order valence-electron chi connectivity index (χ3n) is 2.91. The molecular formula is C14H19N3S. The van der Waals surface area contributed by atoms with Crippen LogP contribution in [0.25, 0.3) is 10.4 Å². The Labute approximate surface area is 112 Å². The number of nitrogens with zero attached hydrogens (tertiary/aromatic N) is 2. The predicted octanol–water partition coefficient (Wildman–Crippen LogP) is 2.68. The molecular weight excluding hydrogens is 242 g/mol. The van der Waals surface area contributed by atoms with Crippen molar-refractivity contribution in [2.75, 3.05) is 20.6 Å². The molecule has 0 aliphatic carbocycles. The van der Waals surface area contributed by atoms with E-state index in [0.717, 1.165) is 12.2 Å². The van der Waals surface area contributed by atoms with Gasteiger partial charge in [-0.05, 0) is 32.1 Å². The van der Waals surface area contributed by atoms with Gasteiger partial charge in [0.15, 0.2) is 0 Å². The lowest BCUT2D eigenvalue weighted by Gasteiger charge is -2.17. The molecule has 0 spiro atoms. The lowest BCUT2D eigenvalue weighted by Crippen LogP contribution is -2.25. The fraction of sp³-hybridized carbons (Fsp3) is 0.357. The first kappa shape index (κ1) is 13.2. The molecule has 1 aromatic carbocycles. The Morgan fingerprint density at radius 3 is 2.44 bits per heavy atom. The van der Waals surface area contributed by atoms with Crippen molar-refractivity contribution < 1.29 is 0 Å². The molecule has 1 aromatic heterocycles. The second-order valence-electron chi connectivity index (χ2n) is 4.76. The summed E-state index contributed by atoms with van der Waals surface area (Å²) in [6.45, 7) is 2.90. The first-order valence-electron chi connectivity index (χ1n) is 5.98. The average molecular weight is 261 g/mol. The van der Waals surface area contributed by atoms with Crippen LogP contribution >= 0.6 is 11.3 Å². The number of rotatable bonds is 4. The fourth-order valence-corrected chi connectivity index (χ4v) is 2.77. The molecule has 0 saturated heterocycles. The van der Waals surface area contributed by atoms with Crippen molar-refractivity contribution in [3.63, 3.8) is 0 Å². The molecule has 1 heterocycles. The zero-order valence-corrected chi connectivity index (χ0v) is 11.9. The quantitative estimate of drug-likeness (QED) is 0.920. The van der Waals surface area contributed by atoms with Gasteiger partial charge in [-0.1, -0.05) is 24.3 Å². The van der Waals surface area contributed by atoms with Crippen LogP contribution in [0.2, 0.25) is 0 Å². The predicted molar refractivity (Wildman–Crippen MR) is 77.8 cm³/mol. The highest BCUT2D eigenvalue weighted by atomic mass is 32.1. The maximum absolute atomic E-state index is 6.14. The highest BCUT2D eigenvalue weighted by Gasteiger charge is 2.09. The Bertz CT molecular complexity index is 502. The SMILES string of the molecule is Cc1ncsc1-c1ccc([C@@H](N)CN(C)C)cc1. The molecule has 4 heteroatoms. The van der Waals surface area contributed by atoms with E-state index in [0.29, 0.717) is 0 Å². The summed E-state index contributed by atoms with van der Waals surface area (Å²) in [4.78, 5) is 7.62. The molecule has 2 rings (SSSR count). The summed E-state index contributed by atoms with van der Waals surface area (Å²) in [7, 11) is 4.07. The normalized spacial score (nSPS) is 12.9. The average Bonchev–Trinajstić information content (AvgIpc) is 2.75. The monoisotopic (exact) mass is 261 g/mol. The third kappa shape index (κ3) is 2.96. The molecule has 1 atom stereocenters. The van der Waals surface area contributed by atoms with Crippen LogP contribution in [0.3, 0.4) is 0 Å². The van der Waals surface area contributed by atoms with E-state index < -0.39 is 0 Å². The van der Waals surface area contributed by atoms with E-state index in [4.69, 9.17) is 5.73 Å². The van der Waals surface area contributed by atoms with Crippen LogP contribution in [0.5, 0.6) is 0 Å². The van der Waals surface area contributed by atoms with Gasteiger partial charge in [-0.2, -0.15) is 0 Å². The first-order valence-corrected chi connectivity index (χ1v) is 6.86. The standard InChI is InChI=1S/C14H19N3S/c1-10-14(18-9-16-10)12-6-4-11(5-7-12)13(15)8-17(2)3/h4-7,9,13H,8,15H2,1-3H3/t13-/m0/s1. The van der Waals surface area contributed by atoms with Crippen molar-refractivity contribution in [1.82, 2.24) is 9.88 Å². The Kier molecular flexibility index (Phi) is 4.11. The summed E-state index contributed by atoms with van der Waals surface area (Å²) >= 11 is 1.68. The van der Waals surface area contributed by atoms with E-state index in [1.54, 1.807) is 11.3 Å². The molecule has 0 saturated carbocycles. The third-order valence-corrected chi connectivity index (χ3v) is 3.89. The van der Waals surface area contributed by atoms with Crippen molar-refractivity contribution in [3.05, 3.63) is 41.0 Å². The molecule has 0 fully saturated rings. The summed E-state index contributed by atoms with van der Waals surface area (Å²) < 4.78 is 0. The highest BCUT2D eigenvalue weighted by molar-refractivity contribution is 7.13. The van der Waals surface area contributed by atoms with Crippen LogP contribution in [0.4, 0.5) is 0 Å². The number of nitrogens with two attached hydrogens (primary N) is 1. The second-order valence-corrected chi connectivity index (χ2v) is 5.61. The van der Waals surface area contributed by atoms with Crippen LogP contribution < -0.4 is 5.73 Å². The summed E-state index contributed by atoms with van der Waals surface area (Å²) in [6.07, 6.45) is 0. The maximum atomic E-state index is 6.14. The highest BCUT2D eigenvalue weighted by Crippen LogP contribution is 2.27. The van der Waals surface area contributed by atoms with Gasteiger partial charge in [-0.25, -0.2) is 4.98 Å². The van der Waals surface area contributed by atoms with Crippen LogP contribution in [-0.4, -0.2) is 30.5 Å². The summed E-state index contributed by atoms with van der Waals surface area (Å²) in [6, 6.07) is 8.55. The molecule has 96 valence electrons. The number of benzene rings is 1. The Morgan fingerprint density at radius 1 is 1.28 bits per heavy atom. The van der Waals surface area contributed by atoms with E-state index >= 15 is 0 Å².